The molecule has 0 spiro atoms. The Labute approximate surface area is 93.7 Å². The number of carbonyl (C=O) groups is 1. The fourth-order valence-corrected chi connectivity index (χ4v) is 1.68. The number of carbonyl (C=O) groups excluding carboxylic acids is 1. The van der Waals surface area contributed by atoms with E-state index in [2.05, 4.69) is 15.7 Å². The van der Waals surface area contributed by atoms with E-state index in [0.717, 1.165) is 30.9 Å². The lowest BCUT2D eigenvalue weighted by molar-refractivity contribution is 0.0953. The Hall–Kier alpha value is -1.88. The quantitative estimate of drug-likeness (QED) is 0.372. The van der Waals surface area contributed by atoms with Gasteiger partial charge in [-0.3, -0.25) is 15.2 Å². The number of hydrazine groups is 1. The summed E-state index contributed by atoms with van der Waals surface area (Å²) in [5, 5.41) is 3.18. The average molecular weight is 218 g/mol. The van der Waals surface area contributed by atoms with E-state index in [9.17, 15) is 4.79 Å². The topological polar surface area (TPSA) is 79.5 Å². The number of nitrogens with zero attached hydrogens (tertiary/aromatic N) is 1. The van der Waals surface area contributed by atoms with Crippen molar-refractivity contribution in [1.82, 2.24) is 10.7 Å². The zero-order chi connectivity index (χ0) is 11.4. The Bertz CT molecular complexity index is 428. The zero-order valence-electron chi connectivity index (χ0n) is 8.86. The van der Waals surface area contributed by atoms with E-state index in [-0.39, 0.29) is 5.91 Å². The maximum Gasteiger partial charge on any atom is 0.265 e. The van der Waals surface area contributed by atoms with Gasteiger partial charge in [0.1, 0.15) is 5.84 Å². The summed E-state index contributed by atoms with van der Waals surface area (Å²) in [5.74, 6) is 5.61. The first-order valence-electron chi connectivity index (χ1n) is 5.21. The maximum atomic E-state index is 11.6. The second-order valence-electron chi connectivity index (χ2n) is 3.53. The molecule has 1 aliphatic heterocycles. The predicted octanol–water partition coefficient (Wildman–Crippen LogP) is 0.0300. The number of amides is 1. The fraction of sp³-hybridized carbons (Fsp3) is 0.273. The van der Waals surface area contributed by atoms with Crippen molar-refractivity contribution in [3.8, 4) is 0 Å². The van der Waals surface area contributed by atoms with Crippen LogP contribution in [0.25, 0.3) is 0 Å². The van der Waals surface area contributed by atoms with Gasteiger partial charge in [0.2, 0.25) is 0 Å². The first-order chi connectivity index (χ1) is 7.83. The lowest BCUT2D eigenvalue weighted by Crippen LogP contribution is -2.35. The molecule has 84 valence electrons. The predicted molar refractivity (Wildman–Crippen MR) is 62.1 cm³/mol. The molecule has 5 nitrogen and oxygen atoms in total. The third-order valence-electron chi connectivity index (χ3n) is 2.46. The minimum absolute atomic E-state index is 0.300. The average Bonchev–Trinajstić information content (AvgIpc) is 2.39. The van der Waals surface area contributed by atoms with Crippen molar-refractivity contribution >= 4 is 11.7 Å². The molecular formula is C11H14N4O. The summed E-state index contributed by atoms with van der Waals surface area (Å²) < 4.78 is 0. The van der Waals surface area contributed by atoms with Crippen LogP contribution in [0.5, 0.6) is 0 Å². The molecule has 0 unspecified atom stereocenters. The summed E-state index contributed by atoms with van der Waals surface area (Å²) in [7, 11) is 0. The number of hydrogen-bond donors (Lipinski definition) is 3. The third-order valence-corrected chi connectivity index (χ3v) is 2.46. The summed E-state index contributed by atoms with van der Waals surface area (Å²) in [6, 6.07) is 7.27. The van der Waals surface area contributed by atoms with Crippen LogP contribution < -0.4 is 16.6 Å². The molecule has 1 aromatic rings. The number of nitrogen functional groups attached to an aromatic ring is 1. The van der Waals surface area contributed by atoms with Crippen LogP contribution in [0.4, 0.5) is 0 Å². The SMILES string of the molecule is NNC(=O)c1ccccc1C1=NCCCN1. The second-order valence-corrected chi connectivity index (χ2v) is 3.53. The number of benzene rings is 1. The van der Waals surface area contributed by atoms with Crippen LogP contribution in [0.2, 0.25) is 0 Å². The van der Waals surface area contributed by atoms with Crippen molar-refractivity contribution in [2.75, 3.05) is 13.1 Å². The summed E-state index contributed by atoms with van der Waals surface area (Å²) in [6.45, 7) is 1.68. The van der Waals surface area contributed by atoms with Crippen molar-refractivity contribution in [2.45, 2.75) is 6.42 Å². The van der Waals surface area contributed by atoms with Crippen LogP contribution in [-0.2, 0) is 0 Å². The maximum absolute atomic E-state index is 11.6. The molecule has 0 atom stereocenters. The molecule has 0 aromatic heterocycles. The van der Waals surface area contributed by atoms with E-state index in [1.807, 2.05) is 12.1 Å². The van der Waals surface area contributed by atoms with Gasteiger partial charge in [-0.1, -0.05) is 18.2 Å². The van der Waals surface area contributed by atoms with Crippen LogP contribution in [0.15, 0.2) is 29.3 Å². The molecule has 2 rings (SSSR count). The Morgan fingerprint density at radius 3 is 2.94 bits per heavy atom. The Morgan fingerprint density at radius 2 is 2.25 bits per heavy atom. The van der Waals surface area contributed by atoms with Gasteiger partial charge in [0, 0.05) is 18.7 Å². The minimum Gasteiger partial charge on any atom is -0.370 e. The van der Waals surface area contributed by atoms with E-state index in [1.165, 1.54) is 0 Å². The first-order valence-corrected chi connectivity index (χ1v) is 5.21. The van der Waals surface area contributed by atoms with E-state index >= 15 is 0 Å². The smallest absolute Gasteiger partial charge is 0.265 e. The number of rotatable bonds is 2. The molecular weight excluding hydrogens is 204 g/mol. The number of nitrogens with two attached hydrogens (primary N) is 1. The van der Waals surface area contributed by atoms with Crippen LogP contribution in [0.1, 0.15) is 22.3 Å². The van der Waals surface area contributed by atoms with Crippen LogP contribution in [-0.4, -0.2) is 24.8 Å². The standard InChI is InChI=1S/C11H14N4O/c12-15-11(16)9-5-2-1-4-8(9)10-13-6-3-7-14-10/h1-2,4-5H,3,6-7,12H2,(H,13,14)(H,15,16). The van der Waals surface area contributed by atoms with Gasteiger partial charge in [-0.05, 0) is 12.5 Å². The van der Waals surface area contributed by atoms with Crippen LogP contribution in [0, 0.1) is 0 Å². The first kappa shape index (κ1) is 10.6. The number of aliphatic imine (C=N–C) groups is 1. The van der Waals surface area contributed by atoms with E-state index in [1.54, 1.807) is 12.1 Å². The van der Waals surface area contributed by atoms with Gasteiger partial charge >= 0.3 is 0 Å². The van der Waals surface area contributed by atoms with E-state index in [0.29, 0.717) is 5.56 Å². The monoisotopic (exact) mass is 218 g/mol. The summed E-state index contributed by atoms with van der Waals surface area (Å²) in [4.78, 5) is 15.9. The molecule has 0 radical (unpaired) electrons. The molecule has 0 fully saturated rings. The molecule has 0 saturated heterocycles. The lowest BCUT2D eigenvalue weighted by Gasteiger charge is -2.16. The fourth-order valence-electron chi connectivity index (χ4n) is 1.68. The Balaban J connectivity index is 2.39. The van der Waals surface area contributed by atoms with Gasteiger partial charge in [-0.25, -0.2) is 5.84 Å². The molecule has 0 bridgehead atoms. The van der Waals surface area contributed by atoms with E-state index < -0.39 is 0 Å². The highest BCUT2D eigenvalue weighted by Crippen LogP contribution is 2.10. The highest BCUT2D eigenvalue weighted by atomic mass is 16.2. The van der Waals surface area contributed by atoms with Gasteiger partial charge < -0.3 is 5.32 Å². The number of amidine groups is 1. The van der Waals surface area contributed by atoms with Gasteiger partial charge in [-0.15, -0.1) is 0 Å². The molecule has 1 aliphatic rings. The zero-order valence-corrected chi connectivity index (χ0v) is 8.86. The van der Waals surface area contributed by atoms with Gasteiger partial charge in [0.05, 0.1) is 5.56 Å². The highest BCUT2D eigenvalue weighted by molar-refractivity contribution is 6.09. The molecule has 4 N–H and O–H groups in total. The second kappa shape index (κ2) is 4.76. The molecule has 1 amide bonds. The summed E-state index contributed by atoms with van der Waals surface area (Å²) >= 11 is 0. The van der Waals surface area contributed by atoms with Crippen molar-refractivity contribution in [1.29, 1.82) is 0 Å². The molecule has 0 saturated carbocycles. The molecule has 1 aromatic carbocycles. The summed E-state index contributed by atoms with van der Waals surface area (Å²) in [6.07, 6.45) is 1.02. The van der Waals surface area contributed by atoms with Crippen molar-refractivity contribution in [3.05, 3.63) is 35.4 Å². The third kappa shape index (κ3) is 2.04. The van der Waals surface area contributed by atoms with Gasteiger partial charge in [0.15, 0.2) is 0 Å². The van der Waals surface area contributed by atoms with Crippen LogP contribution in [0.3, 0.4) is 0 Å². The molecule has 0 aliphatic carbocycles. The van der Waals surface area contributed by atoms with Gasteiger partial charge in [0.25, 0.3) is 5.91 Å². The lowest BCUT2D eigenvalue weighted by atomic mass is 10.1. The Kier molecular flexibility index (Phi) is 3.16. The Morgan fingerprint density at radius 1 is 1.44 bits per heavy atom. The molecule has 16 heavy (non-hydrogen) atoms. The van der Waals surface area contributed by atoms with Gasteiger partial charge in [-0.2, -0.15) is 0 Å². The van der Waals surface area contributed by atoms with Crippen LogP contribution >= 0.6 is 0 Å². The van der Waals surface area contributed by atoms with Crippen molar-refractivity contribution < 1.29 is 4.79 Å². The number of hydrogen-bond acceptors (Lipinski definition) is 4. The van der Waals surface area contributed by atoms with Crippen molar-refractivity contribution in [2.24, 2.45) is 10.8 Å². The van der Waals surface area contributed by atoms with E-state index in [4.69, 9.17) is 5.84 Å². The minimum atomic E-state index is -0.300. The largest absolute Gasteiger partial charge is 0.370 e. The molecule has 1 heterocycles. The summed E-state index contributed by atoms with van der Waals surface area (Å²) in [5.41, 5.74) is 3.48. The highest BCUT2D eigenvalue weighted by Gasteiger charge is 2.15. The van der Waals surface area contributed by atoms with Crippen molar-refractivity contribution in [3.63, 3.8) is 0 Å². The number of nitrogens with one attached hydrogen (secondary N) is 2. The normalized spacial score (nSPS) is 14.9. The molecule has 5 heteroatoms.